The van der Waals surface area contributed by atoms with Gasteiger partial charge in [0.25, 0.3) is 5.91 Å². The average Bonchev–Trinajstić information content (AvgIpc) is 2.86. The highest BCUT2D eigenvalue weighted by atomic mass is 32.1. The maximum Gasteiger partial charge on any atom is 0.264 e. The number of nitrogens with zero attached hydrogens (tertiary/aromatic N) is 2. The third-order valence-corrected chi connectivity index (χ3v) is 3.02. The fourth-order valence-corrected chi connectivity index (χ4v) is 1.98. The topological polar surface area (TPSA) is 96.7 Å². The van der Waals surface area contributed by atoms with E-state index in [0.717, 1.165) is 0 Å². The van der Waals surface area contributed by atoms with E-state index in [4.69, 9.17) is 5.73 Å². The van der Waals surface area contributed by atoms with Crippen LogP contribution in [0.25, 0.3) is 0 Å². The molecule has 2 aromatic rings. The normalized spacial score (nSPS) is 12.3. The first kappa shape index (κ1) is 10.6. The van der Waals surface area contributed by atoms with Gasteiger partial charge in [0.15, 0.2) is 0 Å². The summed E-state index contributed by atoms with van der Waals surface area (Å²) in [6, 6.07) is 1.48. The third kappa shape index (κ3) is 2.03. The summed E-state index contributed by atoms with van der Waals surface area (Å²) in [7, 11) is 0. The Balaban J connectivity index is 2.06. The molecule has 16 heavy (non-hydrogen) atoms. The summed E-state index contributed by atoms with van der Waals surface area (Å²) in [5.74, 6) is 0.417. The van der Waals surface area contributed by atoms with Gasteiger partial charge >= 0.3 is 0 Å². The van der Waals surface area contributed by atoms with Gasteiger partial charge in [0.2, 0.25) is 0 Å². The van der Waals surface area contributed by atoms with Crippen molar-refractivity contribution in [3.05, 3.63) is 28.5 Å². The van der Waals surface area contributed by atoms with Crippen molar-refractivity contribution < 1.29 is 4.79 Å². The number of amides is 1. The largest absolute Gasteiger partial charge is 0.397 e. The SMILES string of the molecule is CC(NC(=O)c1sccc1N)c1ncn[nH]1. The number of carbonyl (C=O) groups excluding carboxylic acids is 1. The lowest BCUT2D eigenvalue weighted by molar-refractivity contribution is 0.0943. The van der Waals surface area contributed by atoms with Gasteiger partial charge in [-0.3, -0.25) is 9.89 Å². The molecule has 0 radical (unpaired) electrons. The summed E-state index contributed by atoms with van der Waals surface area (Å²) in [6.45, 7) is 1.82. The van der Waals surface area contributed by atoms with Crippen LogP contribution in [0.4, 0.5) is 5.69 Å². The van der Waals surface area contributed by atoms with Crippen LogP contribution in [0.15, 0.2) is 17.8 Å². The molecule has 0 fully saturated rings. The Bertz CT molecular complexity index is 478. The predicted octanol–water partition coefficient (Wildman–Crippen LogP) is 0.939. The first-order valence-corrected chi connectivity index (χ1v) is 5.55. The van der Waals surface area contributed by atoms with Gasteiger partial charge in [-0.15, -0.1) is 11.3 Å². The van der Waals surface area contributed by atoms with Crippen LogP contribution in [0.3, 0.4) is 0 Å². The molecule has 7 heteroatoms. The van der Waals surface area contributed by atoms with E-state index < -0.39 is 0 Å². The van der Waals surface area contributed by atoms with E-state index in [1.165, 1.54) is 17.7 Å². The Hall–Kier alpha value is -1.89. The summed E-state index contributed by atoms with van der Waals surface area (Å²) in [6.07, 6.45) is 1.40. The standard InChI is InChI=1S/C9H11N5OS/c1-5(8-11-4-12-14-8)13-9(15)7-6(10)2-3-16-7/h2-5H,10H2,1H3,(H,13,15)(H,11,12,14). The number of hydrogen-bond acceptors (Lipinski definition) is 5. The average molecular weight is 237 g/mol. The predicted molar refractivity (Wildman–Crippen MR) is 61.0 cm³/mol. The molecular weight excluding hydrogens is 226 g/mol. The van der Waals surface area contributed by atoms with E-state index in [1.54, 1.807) is 11.4 Å². The van der Waals surface area contributed by atoms with E-state index >= 15 is 0 Å². The zero-order valence-electron chi connectivity index (χ0n) is 8.60. The van der Waals surface area contributed by atoms with Crippen LogP contribution in [0.5, 0.6) is 0 Å². The van der Waals surface area contributed by atoms with Crippen LogP contribution >= 0.6 is 11.3 Å². The summed E-state index contributed by atoms with van der Waals surface area (Å²) >= 11 is 1.31. The number of aromatic nitrogens is 3. The number of nitrogens with two attached hydrogens (primary N) is 1. The Morgan fingerprint density at radius 2 is 2.50 bits per heavy atom. The van der Waals surface area contributed by atoms with E-state index in [1.807, 2.05) is 6.92 Å². The second-order valence-corrected chi connectivity index (χ2v) is 4.19. The molecule has 0 saturated carbocycles. The molecule has 4 N–H and O–H groups in total. The number of rotatable bonds is 3. The van der Waals surface area contributed by atoms with Crippen LogP contribution < -0.4 is 11.1 Å². The molecule has 0 bridgehead atoms. The van der Waals surface area contributed by atoms with Crippen LogP contribution in [0.1, 0.15) is 28.5 Å². The number of aromatic amines is 1. The maximum atomic E-state index is 11.8. The minimum absolute atomic E-state index is 0.198. The van der Waals surface area contributed by atoms with Gasteiger partial charge < -0.3 is 11.1 Å². The maximum absolute atomic E-state index is 11.8. The molecule has 6 nitrogen and oxygen atoms in total. The molecule has 2 aromatic heterocycles. The van der Waals surface area contributed by atoms with Gasteiger partial charge in [-0.1, -0.05) is 0 Å². The minimum atomic E-state index is -0.225. The summed E-state index contributed by atoms with van der Waals surface area (Å²) in [5.41, 5.74) is 6.14. The van der Waals surface area contributed by atoms with Gasteiger partial charge in [0, 0.05) is 0 Å². The Kier molecular flexibility index (Phi) is 2.86. The smallest absolute Gasteiger partial charge is 0.264 e. The molecule has 0 aliphatic rings. The van der Waals surface area contributed by atoms with Crippen molar-refractivity contribution in [2.75, 3.05) is 5.73 Å². The number of thiophene rings is 1. The molecule has 0 aromatic carbocycles. The molecule has 0 aliphatic carbocycles. The summed E-state index contributed by atoms with van der Waals surface area (Å²) in [5, 5.41) is 11.0. The molecule has 1 unspecified atom stereocenters. The van der Waals surface area contributed by atoms with Crippen LogP contribution in [0, 0.1) is 0 Å². The van der Waals surface area contributed by atoms with E-state index in [-0.39, 0.29) is 11.9 Å². The van der Waals surface area contributed by atoms with Crippen molar-refractivity contribution >= 4 is 22.9 Å². The lowest BCUT2D eigenvalue weighted by Crippen LogP contribution is -2.27. The fourth-order valence-electron chi connectivity index (χ4n) is 1.26. The van der Waals surface area contributed by atoms with Crippen LogP contribution in [-0.4, -0.2) is 21.1 Å². The van der Waals surface area contributed by atoms with Crippen LogP contribution in [-0.2, 0) is 0 Å². The van der Waals surface area contributed by atoms with Crippen molar-refractivity contribution in [2.24, 2.45) is 0 Å². The van der Waals surface area contributed by atoms with E-state index in [0.29, 0.717) is 16.4 Å². The number of carbonyl (C=O) groups is 1. The third-order valence-electron chi connectivity index (χ3n) is 2.09. The van der Waals surface area contributed by atoms with Gasteiger partial charge in [0.05, 0.1) is 11.7 Å². The molecule has 84 valence electrons. The number of nitrogen functional groups attached to an aromatic ring is 1. The highest BCUT2D eigenvalue weighted by Gasteiger charge is 2.16. The lowest BCUT2D eigenvalue weighted by atomic mass is 10.3. The first-order valence-electron chi connectivity index (χ1n) is 4.67. The zero-order chi connectivity index (χ0) is 11.5. The second kappa shape index (κ2) is 4.31. The number of H-pyrrole nitrogens is 1. The summed E-state index contributed by atoms with van der Waals surface area (Å²) in [4.78, 5) is 16.3. The molecule has 2 heterocycles. The summed E-state index contributed by atoms with van der Waals surface area (Å²) < 4.78 is 0. The number of anilines is 1. The Morgan fingerprint density at radius 3 is 3.06 bits per heavy atom. The Labute approximate surface area is 95.9 Å². The van der Waals surface area contributed by atoms with Gasteiger partial charge in [-0.25, -0.2) is 4.98 Å². The monoisotopic (exact) mass is 237 g/mol. The minimum Gasteiger partial charge on any atom is -0.397 e. The van der Waals surface area contributed by atoms with Crippen molar-refractivity contribution in [2.45, 2.75) is 13.0 Å². The first-order chi connectivity index (χ1) is 7.68. The van der Waals surface area contributed by atoms with E-state index in [2.05, 4.69) is 20.5 Å². The van der Waals surface area contributed by atoms with Crippen molar-refractivity contribution in [3.63, 3.8) is 0 Å². The van der Waals surface area contributed by atoms with Crippen molar-refractivity contribution in [3.8, 4) is 0 Å². The number of nitrogens with one attached hydrogen (secondary N) is 2. The molecular formula is C9H11N5OS. The van der Waals surface area contributed by atoms with Crippen molar-refractivity contribution in [1.29, 1.82) is 0 Å². The molecule has 2 rings (SSSR count). The molecule has 0 aliphatic heterocycles. The zero-order valence-corrected chi connectivity index (χ0v) is 9.41. The number of hydrogen-bond donors (Lipinski definition) is 3. The molecule has 0 spiro atoms. The molecule has 1 amide bonds. The van der Waals surface area contributed by atoms with Crippen LogP contribution in [0.2, 0.25) is 0 Å². The highest BCUT2D eigenvalue weighted by Crippen LogP contribution is 2.19. The van der Waals surface area contributed by atoms with Gasteiger partial charge in [-0.2, -0.15) is 5.10 Å². The fraction of sp³-hybridized carbons (Fsp3) is 0.222. The second-order valence-electron chi connectivity index (χ2n) is 3.27. The molecule has 1 atom stereocenters. The van der Waals surface area contributed by atoms with E-state index in [9.17, 15) is 4.79 Å². The molecule has 0 saturated heterocycles. The quantitative estimate of drug-likeness (QED) is 0.740. The highest BCUT2D eigenvalue weighted by molar-refractivity contribution is 7.12. The lowest BCUT2D eigenvalue weighted by Gasteiger charge is -2.10. The van der Waals surface area contributed by atoms with Crippen molar-refractivity contribution in [1.82, 2.24) is 20.5 Å². The Morgan fingerprint density at radius 1 is 1.69 bits per heavy atom. The van der Waals surface area contributed by atoms with Gasteiger partial charge in [0.1, 0.15) is 17.0 Å². The van der Waals surface area contributed by atoms with Gasteiger partial charge in [-0.05, 0) is 18.4 Å².